The molecule has 254 valence electrons. The smallest absolute Gasteiger partial charge is 0.460 e. The quantitative estimate of drug-likeness (QED) is 0.143. The number of ether oxygens (including phenoxy) is 2. The van der Waals surface area contributed by atoms with Crippen molar-refractivity contribution in [2.75, 3.05) is 27.8 Å². The second-order valence-corrected chi connectivity index (χ2v) is 11.0. The van der Waals surface area contributed by atoms with Gasteiger partial charge in [-0.25, -0.2) is 0 Å². The third kappa shape index (κ3) is 7.78. The summed E-state index contributed by atoms with van der Waals surface area (Å²) in [6.45, 7) is 3.38. The van der Waals surface area contributed by atoms with Gasteiger partial charge in [-0.2, -0.15) is 57.1 Å². The lowest BCUT2D eigenvalue weighted by molar-refractivity contribution is -0.440. The van der Waals surface area contributed by atoms with E-state index in [2.05, 4.69) is 9.47 Å². The van der Waals surface area contributed by atoms with Crippen LogP contribution >= 0.6 is 0 Å². The molecule has 0 fully saturated rings. The Hall–Kier alpha value is -2.50. The molecule has 0 aromatic heterocycles. The summed E-state index contributed by atoms with van der Waals surface area (Å²) in [4.78, 5) is 38.8. The van der Waals surface area contributed by atoms with Crippen molar-refractivity contribution >= 4 is 17.8 Å². The van der Waals surface area contributed by atoms with Gasteiger partial charge >= 0.3 is 47.7 Å². The SMILES string of the molecule is CCC(C)(CC(CC(C)(C)C(=O)OC)C(=O)N(C)C)C(=O)OCCC(F)(F)C(F)(F)C(F)(F)C(F)(F)C(F)(F)C(F)(F)F. The maximum absolute atomic E-state index is 14.1. The first-order valence-electron chi connectivity index (χ1n) is 12.3. The van der Waals surface area contributed by atoms with Gasteiger partial charge in [0.15, 0.2) is 0 Å². The van der Waals surface area contributed by atoms with Crippen LogP contribution in [0.25, 0.3) is 0 Å². The highest BCUT2D eigenvalue weighted by Gasteiger charge is 2.90. The first kappa shape index (κ1) is 40.5. The van der Waals surface area contributed by atoms with Gasteiger partial charge < -0.3 is 14.4 Å². The highest BCUT2D eigenvalue weighted by molar-refractivity contribution is 5.83. The topological polar surface area (TPSA) is 72.9 Å². The van der Waals surface area contributed by atoms with Crippen molar-refractivity contribution in [2.45, 2.75) is 89.2 Å². The van der Waals surface area contributed by atoms with Crippen LogP contribution in [0.2, 0.25) is 0 Å². The second kappa shape index (κ2) is 12.9. The number of amides is 1. The number of hydrogen-bond acceptors (Lipinski definition) is 5. The Kier molecular flexibility index (Phi) is 12.1. The van der Waals surface area contributed by atoms with E-state index < -0.39 is 89.8 Å². The molecule has 0 saturated heterocycles. The van der Waals surface area contributed by atoms with Gasteiger partial charge in [0, 0.05) is 20.0 Å². The second-order valence-electron chi connectivity index (χ2n) is 11.0. The summed E-state index contributed by atoms with van der Waals surface area (Å²) < 4.78 is 182. The Morgan fingerprint density at radius 1 is 0.698 bits per heavy atom. The lowest BCUT2D eigenvalue weighted by Gasteiger charge is -2.39. The van der Waals surface area contributed by atoms with E-state index in [1.807, 2.05) is 0 Å². The van der Waals surface area contributed by atoms with Crippen LogP contribution < -0.4 is 0 Å². The third-order valence-corrected chi connectivity index (χ3v) is 6.90. The van der Waals surface area contributed by atoms with E-state index >= 15 is 0 Å². The van der Waals surface area contributed by atoms with E-state index in [4.69, 9.17) is 0 Å². The maximum Gasteiger partial charge on any atom is 0.460 e. The molecule has 0 aromatic carbocycles. The molecule has 0 aromatic rings. The first-order chi connectivity index (χ1) is 18.8. The van der Waals surface area contributed by atoms with Crippen LogP contribution in [0.15, 0.2) is 0 Å². The van der Waals surface area contributed by atoms with Gasteiger partial charge in [0.05, 0.1) is 31.0 Å². The van der Waals surface area contributed by atoms with Crippen molar-refractivity contribution in [3.05, 3.63) is 0 Å². The molecule has 0 aliphatic heterocycles. The number of carbonyl (C=O) groups is 3. The van der Waals surface area contributed by atoms with Crippen molar-refractivity contribution < 1.29 is 80.9 Å². The third-order valence-electron chi connectivity index (χ3n) is 6.90. The zero-order valence-corrected chi connectivity index (χ0v) is 24.0. The highest BCUT2D eigenvalue weighted by Crippen LogP contribution is 2.60. The standard InChI is InChI=1S/C24H32F13NO5/c1-8-18(4,12-13(14(39)38(5)6)11-17(2,3)15(40)42-7)16(41)43-10-9-19(25,26)20(27,28)21(29,30)22(31,32)23(33,34)24(35,36)37/h13H,8-12H2,1-7H3. The molecule has 0 rings (SSSR count). The van der Waals surface area contributed by atoms with Gasteiger partial charge in [0.25, 0.3) is 0 Å². The minimum Gasteiger partial charge on any atom is -0.469 e. The van der Waals surface area contributed by atoms with E-state index in [1.165, 1.54) is 34.9 Å². The molecule has 0 radical (unpaired) electrons. The molecule has 0 saturated carbocycles. The van der Waals surface area contributed by atoms with Crippen LogP contribution in [-0.4, -0.2) is 86.3 Å². The number of halogens is 13. The van der Waals surface area contributed by atoms with Crippen LogP contribution in [0.1, 0.15) is 53.4 Å². The molecular weight excluding hydrogens is 629 g/mol. The predicted octanol–water partition coefficient (Wildman–Crippen LogP) is 6.76. The maximum atomic E-state index is 14.1. The summed E-state index contributed by atoms with van der Waals surface area (Å²) in [7, 11) is 3.72. The fourth-order valence-corrected chi connectivity index (χ4v) is 3.91. The Morgan fingerprint density at radius 2 is 1.14 bits per heavy atom. The average Bonchev–Trinajstić information content (AvgIpc) is 2.85. The summed E-state index contributed by atoms with van der Waals surface area (Å²) in [5, 5.41) is 0. The normalized spacial score (nSPS) is 16.3. The number of nitrogens with zero attached hydrogens (tertiary/aromatic N) is 1. The molecule has 0 bridgehead atoms. The summed E-state index contributed by atoms with van der Waals surface area (Å²) in [6.07, 6.45) is -11.1. The van der Waals surface area contributed by atoms with Crippen LogP contribution in [-0.2, 0) is 23.9 Å². The van der Waals surface area contributed by atoms with Crippen molar-refractivity contribution in [2.24, 2.45) is 16.7 Å². The summed E-state index contributed by atoms with van der Waals surface area (Å²) in [5.41, 5.74) is -3.08. The van der Waals surface area contributed by atoms with E-state index in [9.17, 15) is 71.5 Å². The van der Waals surface area contributed by atoms with Gasteiger partial charge in [-0.3, -0.25) is 14.4 Å². The number of alkyl halides is 13. The molecular formula is C24H32F13NO5. The molecule has 0 spiro atoms. The van der Waals surface area contributed by atoms with Crippen LogP contribution in [0, 0.1) is 16.7 Å². The summed E-state index contributed by atoms with van der Waals surface area (Å²) in [5.74, 6) is -41.7. The fraction of sp³-hybridized carbons (Fsp3) is 0.875. The van der Waals surface area contributed by atoms with Gasteiger partial charge in [-0.05, 0) is 40.0 Å². The van der Waals surface area contributed by atoms with Gasteiger partial charge in [-0.15, -0.1) is 0 Å². The molecule has 43 heavy (non-hydrogen) atoms. The number of esters is 2. The molecule has 0 N–H and O–H groups in total. The van der Waals surface area contributed by atoms with Crippen molar-refractivity contribution in [3.8, 4) is 0 Å². The van der Waals surface area contributed by atoms with Crippen LogP contribution in [0.5, 0.6) is 0 Å². The van der Waals surface area contributed by atoms with E-state index in [-0.39, 0.29) is 12.8 Å². The Morgan fingerprint density at radius 3 is 1.51 bits per heavy atom. The Labute approximate surface area is 238 Å². The Bertz CT molecular complexity index is 1010. The minimum absolute atomic E-state index is 0.217. The van der Waals surface area contributed by atoms with E-state index in [1.54, 1.807) is 0 Å². The number of hydrogen-bond donors (Lipinski definition) is 0. The predicted molar refractivity (Wildman–Crippen MR) is 122 cm³/mol. The molecule has 0 aliphatic rings. The highest BCUT2D eigenvalue weighted by atomic mass is 19.4. The zero-order chi connectivity index (χ0) is 34.8. The molecule has 0 heterocycles. The molecule has 1 amide bonds. The molecule has 6 nitrogen and oxygen atoms in total. The minimum atomic E-state index is -8.03. The van der Waals surface area contributed by atoms with E-state index in [0.717, 1.165) is 18.9 Å². The number of rotatable bonds is 15. The van der Waals surface area contributed by atoms with Gasteiger partial charge in [-0.1, -0.05) is 6.92 Å². The van der Waals surface area contributed by atoms with Gasteiger partial charge in [0.1, 0.15) is 0 Å². The first-order valence-corrected chi connectivity index (χ1v) is 12.3. The fourth-order valence-electron chi connectivity index (χ4n) is 3.91. The van der Waals surface area contributed by atoms with Gasteiger partial charge in [0.2, 0.25) is 5.91 Å². The van der Waals surface area contributed by atoms with Crippen LogP contribution in [0.4, 0.5) is 57.1 Å². The van der Waals surface area contributed by atoms with E-state index in [0.29, 0.717) is 0 Å². The molecule has 19 heteroatoms. The average molecular weight is 661 g/mol. The number of methoxy groups -OCH3 is 1. The van der Waals surface area contributed by atoms with Crippen LogP contribution in [0.3, 0.4) is 0 Å². The lowest BCUT2D eigenvalue weighted by Crippen LogP contribution is -2.70. The monoisotopic (exact) mass is 661 g/mol. The largest absolute Gasteiger partial charge is 0.469 e. The summed E-state index contributed by atoms with van der Waals surface area (Å²) >= 11 is 0. The summed E-state index contributed by atoms with van der Waals surface area (Å²) in [6, 6.07) is 0. The van der Waals surface area contributed by atoms with Crippen molar-refractivity contribution in [3.63, 3.8) is 0 Å². The number of carbonyl (C=O) groups excluding carboxylic acids is 3. The Balaban J connectivity index is 6.03. The lowest BCUT2D eigenvalue weighted by atomic mass is 9.72. The van der Waals surface area contributed by atoms with Crippen molar-refractivity contribution in [1.82, 2.24) is 4.90 Å². The molecule has 0 aliphatic carbocycles. The molecule has 2 unspecified atom stereocenters. The molecule has 2 atom stereocenters. The van der Waals surface area contributed by atoms with Crippen molar-refractivity contribution in [1.29, 1.82) is 0 Å². The zero-order valence-electron chi connectivity index (χ0n) is 24.0.